The average molecular weight is 1420 g/mol. The molecule has 0 saturated heterocycles. The van der Waals surface area contributed by atoms with Gasteiger partial charge in [0, 0.05) is 44.4 Å². The highest BCUT2D eigenvalue weighted by Crippen LogP contribution is 2.28. The van der Waals surface area contributed by atoms with Crippen LogP contribution in [0.4, 0.5) is 4.79 Å². The van der Waals surface area contributed by atoms with E-state index in [4.69, 9.17) is 65.4 Å². The molecule has 0 saturated carbocycles. The van der Waals surface area contributed by atoms with Crippen molar-refractivity contribution in [3.8, 4) is 0 Å². The summed E-state index contributed by atoms with van der Waals surface area (Å²) < 4.78 is 0. The van der Waals surface area contributed by atoms with Crippen LogP contribution in [0.1, 0.15) is 286 Å². The third-order valence-electron chi connectivity index (χ3n) is 12.5. The monoisotopic (exact) mass is 1420 g/mol. The molecule has 24 heteroatoms. The highest BCUT2D eigenvalue weighted by molar-refractivity contribution is 5.53. The van der Waals surface area contributed by atoms with E-state index in [0.717, 1.165) is 64.9 Å². The number of rotatable bonds is 28. The lowest BCUT2D eigenvalue weighted by atomic mass is 9.84. The summed E-state index contributed by atoms with van der Waals surface area (Å²) in [6.07, 6.45) is 7.64. The zero-order chi connectivity index (χ0) is 81.7. The Morgan fingerprint density at radius 2 is 0.411 bits per heavy atom. The number of carbonyl (C=O) groups is 1. The predicted octanol–water partition coefficient (Wildman–Crippen LogP) is 18.2. The van der Waals surface area contributed by atoms with Gasteiger partial charge in [0.2, 0.25) is 0 Å². The summed E-state index contributed by atoms with van der Waals surface area (Å²) in [6, 6.07) is 0. The standard InChI is InChI=1S/C9H20O4.C8H18O2.C7H16O.3C6H14O.C5H12O2.4C2H6O2.7C2H6.CH2O3.CH4O/c1-5-9(6-2,7-12-10-3)8-13-11-4;1-5-8(3,6-2)7-10-9-4;1-4-7(3,5-2)6-8;3*1-4-6(2,3)5-7;1-5(2,3-6)4-7;4*1-3-4-2;7*1-2;2-1(3)4;1-2/h5-8H2,1-4H3;5-7H2,1-4H3;8H,4-6H2,1-3H3;3*7H,4-5H2,1-3H3;6-7H,3-4H2,1-2H3;4*1-2H3;7*1-2H3;(H2,2,3,4);2H,1H3. The fraction of sp³-hybridized carbons (Fsp3) is 0.986. The Morgan fingerprint density at radius 1 is 0.253 bits per heavy atom. The first-order valence-corrected chi connectivity index (χ1v) is 34.2. The molecule has 0 bridgehead atoms. The van der Waals surface area contributed by atoms with Crippen molar-refractivity contribution in [2.24, 2.45) is 37.9 Å². The molecular formula is C71H180O24. The molecular weight excluding hydrogens is 1240 g/mol. The van der Waals surface area contributed by atoms with Gasteiger partial charge >= 0.3 is 6.16 Å². The van der Waals surface area contributed by atoms with Crippen molar-refractivity contribution in [3.63, 3.8) is 0 Å². The molecule has 0 fully saturated rings. The van der Waals surface area contributed by atoms with Gasteiger partial charge in [-0.1, -0.05) is 228 Å². The summed E-state index contributed by atoms with van der Waals surface area (Å²) in [4.78, 5) is 69.4. The zero-order valence-electron chi connectivity index (χ0n) is 71.9. The van der Waals surface area contributed by atoms with Gasteiger partial charge in [0.15, 0.2) is 0 Å². The van der Waals surface area contributed by atoms with E-state index in [0.29, 0.717) is 46.2 Å². The van der Waals surface area contributed by atoms with Gasteiger partial charge in [-0.15, -0.1) is 0 Å². The number of hydrogen-bond acceptors (Lipinski definition) is 22. The minimum atomic E-state index is -1.83. The molecule has 0 aliphatic heterocycles. The Labute approximate surface area is 592 Å². The second-order valence-corrected chi connectivity index (χ2v) is 20.8. The lowest BCUT2D eigenvalue weighted by Gasteiger charge is -2.28. The second kappa shape index (κ2) is 136. The quantitative estimate of drug-likeness (QED) is 0.0260. The van der Waals surface area contributed by atoms with Gasteiger partial charge in [-0.25, -0.2) is 73.2 Å². The van der Waals surface area contributed by atoms with Crippen molar-refractivity contribution in [1.82, 2.24) is 0 Å². The first-order chi connectivity index (χ1) is 44.5. The summed E-state index contributed by atoms with van der Waals surface area (Å²) in [6.45, 7) is 70.2. The Morgan fingerprint density at radius 3 is 0.474 bits per heavy atom. The predicted molar refractivity (Wildman–Crippen MR) is 402 cm³/mol. The van der Waals surface area contributed by atoms with E-state index in [2.05, 4.69) is 130 Å². The smallest absolute Gasteiger partial charge is 0.450 e. The normalized spacial score (nSPS) is 9.47. The SMILES string of the molecule is CC.CC.CC.CC.CC.CC.CC.CC(C)(CO)CO.CCC(C)(C)CO.CCC(C)(C)CO.CCC(C)(C)CO.CCC(C)(CC)CO.CCC(C)(CC)COOC.CCC(CC)(COOC)COOC.CO.COOC.COOC.COOC.COOC.O=C(O)O. The highest BCUT2D eigenvalue weighted by Gasteiger charge is 2.28. The van der Waals surface area contributed by atoms with E-state index in [1.165, 1.54) is 71.1 Å². The highest BCUT2D eigenvalue weighted by atomic mass is 17.2. The number of aliphatic hydroxyl groups is 7. The van der Waals surface area contributed by atoms with Crippen molar-refractivity contribution < 1.29 is 119 Å². The summed E-state index contributed by atoms with van der Waals surface area (Å²) in [5.41, 5.74) is 0.571. The molecule has 0 heterocycles. The molecule has 0 aliphatic rings. The molecule has 608 valence electrons. The third kappa shape index (κ3) is 194. The Kier molecular flexibility index (Phi) is 212. The van der Waals surface area contributed by atoms with Gasteiger partial charge < -0.3 is 46.0 Å². The maximum Gasteiger partial charge on any atom is 0.503 e. The van der Waals surface area contributed by atoms with E-state index in [9.17, 15) is 0 Å². The molecule has 0 amide bonds. The van der Waals surface area contributed by atoms with Crippen LogP contribution in [0.25, 0.3) is 0 Å². The molecule has 0 radical (unpaired) electrons. The van der Waals surface area contributed by atoms with Gasteiger partial charge in [-0.05, 0) is 84.9 Å². The van der Waals surface area contributed by atoms with E-state index < -0.39 is 6.16 Å². The molecule has 0 atom stereocenters. The van der Waals surface area contributed by atoms with E-state index in [1.54, 1.807) is 21.0 Å². The molecule has 95 heavy (non-hydrogen) atoms. The fourth-order valence-electron chi connectivity index (χ4n) is 2.58. The van der Waals surface area contributed by atoms with E-state index >= 15 is 0 Å². The topological polar surface area (TPSA) is 328 Å². The summed E-state index contributed by atoms with van der Waals surface area (Å²) in [7, 11) is 17.2. The second-order valence-electron chi connectivity index (χ2n) is 20.8. The molecule has 24 nitrogen and oxygen atoms in total. The molecule has 0 rings (SSSR count). The van der Waals surface area contributed by atoms with E-state index in [-0.39, 0.29) is 51.1 Å². The maximum atomic E-state index is 8.79. The van der Waals surface area contributed by atoms with Crippen LogP contribution < -0.4 is 0 Å². The van der Waals surface area contributed by atoms with Crippen LogP contribution in [0.15, 0.2) is 0 Å². The molecule has 0 unspecified atom stereocenters. The molecule has 0 aromatic carbocycles. The van der Waals surface area contributed by atoms with Gasteiger partial charge in [-0.2, -0.15) is 0 Å². The Bertz CT molecular complexity index is 917. The van der Waals surface area contributed by atoms with Crippen LogP contribution in [-0.2, 0) is 68.4 Å². The van der Waals surface area contributed by atoms with Crippen LogP contribution in [-0.4, -0.2) is 197 Å². The zero-order valence-corrected chi connectivity index (χ0v) is 71.9. The summed E-state index contributed by atoms with van der Waals surface area (Å²) in [5.74, 6) is 0. The van der Waals surface area contributed by atoms with Crippen LogP contribution in [0.5, 0.6) is 0 Å². The molecule has 9 N–H and O–H groups in total. The number of aliphatic hydroxyl groups excluding tert-OH is 7. The van der Waals surface area contributed by atoms with E-state index in [1.807, 2.05) is 138 Å². The Hall–Kier alpha value is -1.57. The van der Waals surface area contributed by atoms with Crippen LogP contribution in [0.2, 0.25) is 0 Å². The van der Waals surface area contributed by atoms with Gasteiger partial charge in [-0.3, -0.25) is 0 Å². The fourth-order valence-corrected chi connectivity index (χ4v) is 2.58. The van der Waals surface area contributed by atoms with Crippen LogP contribution >= 0.6 is 0 Å². The lowest BCUT2D eigenvalue weighted by Crippen LogP contribution is -2.31. The van der Waals surface area contributed by atoms with Gasteiger partial charge in [0.1, 0.15) is 0 Å². The van der Waals surface area contributed by atoms with Gasteiger partial charge in [0.25, 0.3) is 0 Å². The summed E-state index contributed by atoms with van der Waals surface area (Å²) >= 11 is 0. The Balaban J connectivity index is -0.0000000357. The molecule has 0 aromatic rings. The minimum absolute atomic E-state index is 0.00792. The number of carboxylic acid groups (broad SMARTS) is 2. The largest absolute Gasteiger partial charge is 0.503 e. The van der Waals surface area contributed by atoms with Gasteiger partial charge in [0.05, 0.1) is 111 Å². The van der Waals surface area contributed by atoms with Crippen molar-refractivity contribution in [3.05, 3.63) is 0 Å². The molecule has 0 aliphatic carbocycles. The number of hydrogen-bond donors (Lipinski definition) is 9. The molecule has 0 aromatic heterocycles. The minimum Gasteiger partial charge on any atom is -0.450 e. The maximum absolute atomic E-state index is 8.79. The van der Waals surface area contributed by atoms with Crippen molar-refractivity contribution in [1.29, 1.82) is 0 Å². The lowest BCUT2D eigenvalue weighted by molar-refractivity contribution is -0.324. The first-order valence-electron chi connectivity index (χ1n) is 34.2. The van der Waals surface area contributed by atoms with Crippen molar-refractivity contribution in [2.75, 3.05) is 145 Å². The van der Waals surface area contributed by atoms with Crippen molar-refractivity contribution in [2.45, 2.75) is 286 Å². The van der Waals surface area contributed by atoms with Crippen molar-refractivity contribution >= 4 is 6.16 Å². The average Bonchev–Trinajstić information content (AvgIpc) is 2.43. The summed E-state index contributed by atoms with van der Waals surface area (Å²) in [5, 5.41) is 72.4. The first kappa shape index (κ1) is 148. The third-order valence-corrected chi connectivity index (χ3v) is 12.5. The van der Waals surface area contributed by atoms with Crippen LogP contribution in [0, 0.1) is 37.9 Å². The molecule has 0 spiro atoms. The van der Waals surface area contributed by atoms with Crippen LogP contribution in [0.3, 0.4) is 0 Å².